The highest BCUT2D eigenvalue weighted by atomic mass is 35.5. The molecule has 0 unspecified atom stereocenters. The predicted molar refractivity (Wildman–Crippen MR) is 102 cm³/mol. The number of ether oxygens (including phenoxy) is 1. The van der Waals surface area contributed by atoms with Gasteiger partial charge in [-0.15, -0.1) is 0 Å². The van der Waals surface area contributed by atoms with Gasteiger partial charge < -0.3 is 15.0 Å². The van der Waals surface area contributed by atoms with E-state index in [0.29, 0.717) is 17.1 Å². The van der Waals surface area contributed by atoms with E-state index in [1.165, 1.54) is 0 Å². The van der Waals surface area contributed by atoms with Gasteiger partial charge in [0.25, 0.3) is 5.91 Å². The average Bonchev–Trinajstić information content (AvgIpc) is 3.04. The molecule has 1 heterocycles. The molecule has 0 atom stereocenters. The van der Waals surface area contributed by atoms with E-state index in [2.05, 4.69) is 10.3 Å². The number of hydrogen-bond acceptors (Lipinski definition) is 3. The number of aryl methyl sites for hydroxylation is 2. The van der Waals surface area contributed by atoms with Gasteiger partial charge in [-0.25, -0.2) is 0 Å². The molecule has 1 aromatic heterocycles. The Morgan fingerprint density at radius 1 is 1.19 bits per heavy atom. The molecule has 0 saturated heterocycles. The summed E-state index contributed by atoms with van der Waals surface area (Å²) in [6.45, 7) is 1.57. The highest BCUT2D eigenvalue weighted by Crippen LogP contribution is 2.22. The zero-order valence-electron chi connectivity index (χ0n) is 14.3. The van der Waals surface area contributed by atoms with E-state index in [0.717, 1.165) is 22.0 Å². The molecule has 134 valence electrons. The van der Waals surface area contributed by atoms with Crippen LogP contribution < -0.4 is 5.32 Å². The molecule has 0 aliphatic heterocycles. The molecule has 0 saturated carbocycles. The number of halogens is 1. The number of amides is 1. The Labute approximate surface area is 156 Å². The summed E-state index contributed by atoms with van der Waals surface area (Å²) in [6, 6.07) is 13.2. The van der Waals surface area contributed by atoms with Crippen LogP contribution in [0.4, 0.5) is 5.69 Å². The molecule has 0 fully saturated rings. The number of aromatic nitrogens is 1. The van der Waals surface area contributed by atoms with Gasteiger partial charge in [-0.05, 0) is 42.7 Å². The number of fused-ring (bicyclic) bond motifs is 1. The fraction of sp³-hybridized carbons (Fsp3) is 0.200. The molecule has 5 nitrogen and oxygen atoms in total. The number of anilines is 1. The molecule has 0 bridgehead atoms. The molecule has 26 heavy (non-hydrogen) atoms. The summed E-state index contributed by atoms with van der Waals surface area (Å²) < 4.78 is 5.05. The second-order valence-electron chi connectivity index (χ2n) is 6.05. The van der Waals surface area contributed by atoms with Gasteiger partial charge >= 0.3 is 5.97 Å². The minimum Gasteiger partial charge on any atom is -0.456 e. The number of H-pyrrole nitrogens is 1. The number of rotatable bonds is 6. The largest absolute Gasteiger partial charge is 0.456 e. The zero-order valence-corrected chi connectivity index (χ0v) is 15.1. The molecule has 2 N–H and O–H groups in total. The van der Waals surface area contributed by atoms with Crippen molar-refractivity contribution in [1.82, 2.24) is 4.98 Å². The smallest absolute Gasteiger partial charge is 0.306 e. The molecule has 0 aliphatic carbocycles. The van der Waals surface area contributed by atoms with Crippen LogP contribution in [-0.2, 0) is 20.7 Å². The van der Waals surface area contributed by atoms with Gasteiger partial charge in [-0.3, -0.25) is 9.59 Å². The van der Waals surface area contributed by atoms with E-state index >= 15 is 0 Å². The Kier molecular flexibility index (Phi) is 5.58. The van der Waals surface area contributed by atoms with Crippen molar-refractivity contribution in [3.8, 4) is 0 Å². The lowest BCUT2D eigenvalue weighted by Crippen LogP contribution is -2.21. The van der Waals surface area contributed by atoms with Crippen molar-refractivity contribution in [1.29, 1.82) is 0 Å². The van der Waals surface area contributed by atoms with Crippen LogP contribution in [-0.4, -0.2) is 23.5 Å². The van der Waals surface area contributed by atoms with E-state index in [4.69, 9.17) is 16.3 Å². The molecule has 3 rings (SSSR count). The number of aromatic amines is 1. The third kappa shape index (κ3) is 4.43. The molecule has 6 heteroatoms. The van der Waals surface area contributed by atoms with Crippen molar-refractivity contribution in [2.75, 3.05) is 11.9 Å². The maximum Gasteiger partial charge on any atom is 0.306 e. The van der Waals surface area contributed by atoms with Crippen LogP contribution >= 0.6 is 11.6 Å². The summed E-state index contributed by atoms with van der Waals surface area (Å²) in [6.07, 6.45) is 2.65. The lowest BCUT2D eigenvalue weighted by atomic mass is 10.1. The number of nitrogens with one attached hydrogen (secondary N) is 2. The third-order valence-electron chi connectivity index (χ3n) is 4.04. The molecule has 1 amide bonds. The van der Waals surface area contributed by atoms with Gasteiger partial charge in [-0.1, -0.05) is 35.9 Å². The van der Waals surface area contributed by atoms with E-state index in [9.17, 15) is 9.59 Å². The number of carbonyl (C=O) groups is 2. The predicted octanol–water partition coefficient (Wildman–Crippen LogP) is 4.24. The first kappa shape index (κ1) is 18.0. The van der Waals surface area contributed by atoms with Gasteiger partial charge in [0.2, 0.25) is 0 Å². The van der Waals surface area contributed by atoms with Crippen LogP contribution in [0.5, 0.6) is 0 Å². The van der Waals surface area contributed by atoms with Crippen LogP contribution in [0, 0.1) is 6.92 Å². The Balaban J connectivity index is 1.47. The molecule has 3 aromatic rings. The molecule has 2 aromatic carbocycles. The fourth-order valence-corrected chi connectivity index (χ4v) is 2.98. The van der Waals surface area contributed by atoms with Gasteiger partial charge in [0.1, 0.15) is 0 Å². The minimum atomic E-state index is -0.420. The van der Waals surface area contributed by atoms with Crippen LogP contribution in [0.25, 0.3) is 10.9 Å². The fourth-order valence-electron chi connectivity index (χ4n) is 2.70. The van der Waals surface area contributed by atoms with Crippen molar-refractivity contribution in [3.63, 3.8) is 0 Å². The van der Waals surface area contributed by atoms with Crippen LogP contribution in [0.2, 0.25) is 5.02 Å². The average molecular weight is 371 g/mol. The first-order valence-electron chi connectivity index (χ1n) is 8.29. The normalized spacial score (nSPS) is 10.7. The van der Waals surface area contributed by atoms with E-state index in [1.54, 1.807) is 12.1 Å². The van der Waals surface area contributed by atoms with Crippen molar-refractivity contribution < 1.29 is 14.3 Å². The maximum atomic E-state index is 11.9. The van der Waals surface area contributed by atoms with Crippen molar-refractivity contribution in [2.24, 2.45) is 0 Å². The van der Waals surface area contributed by atoms with Gasteiger partial charge in [0.15, 0.2) is 6.61 Å². The second kappa shape index (κ2) is 8.06. The maximum absolute atomic E-state index is 11.9. The monoisotopic (exact) mass is 370 g/mol. The SMILES string of the molecule is Cc1ccc(NC(=O)COC(=O)CCc2c[nH]c3ccccc23)c(Cl)c1. The highest BCUT2D eigenvalue weighted by molar-refractivity contribution is 6.33. The summed E-state index contributed by atoms with van der Waals surface area (Å²) in [5, 5.41) is 4.17. The van der Waals surface area contributed by atoms with Gasteiger partial charge in [-0.2, -0.15) is 0 Å². The molecule has 0 radical (unpaired) electrons. The zero-order chi connectivity index (χ0) is 18.5. The highest BCUT2D eigenvalue weighted by Gasteiger charge is 2.11. The Morgan fingerprint density at radius 2 is 2.00 bits per heavy atom. The summed E-state index contributed by atoms with van der Waals surface area (Å²) in [5.41, 5.74) is 3.58. The standard InChI is InChI=1S/C20H19ClN2O3/c1-13-6-8-18(16(21)10-13)23-19(24)12-26-20(25)9-7-14-11-22-17-5-3-2-4-15(14)17/h2-6,8,10-11,22H,7,9,12H2,1H3,(H,23,24). The van der Waals surface area contributed by atoms with E-state index < -0.39 is 11.9 Å². The number of benzene rings is 2. The van der Waals surface area contributed by atoms with Gasteiger partial charge in [0, 0.05) is 23.5 Å². The van der Waals surface area contributed by atoms with Crippen molar-refractivity contribution in [3.05, 3.63) is 64.8 Å². The third-order valence-corrected chi connectivity index (χ3v) is 4.35. The quantitative estimate of drug-likeness (QED) is 0.637. The first-order chi connectivity index (χ1) is 12.5. The second-order valence-corrected chi connectivity index (χ2v) is 6.46. The Morgan fingerprint density at radius 3 is 2.81 bits per heavy atom. The van der Waals surface area contributed by atoms with Gasteiger partial charge in [0.05, 0.1) is 10.7 Å². The summed E-state index contributed by atoms with van der Waals surface area (Å²) in [5.74, 6) is -0.836. The molecular weight excluding hydrogens is 352 g/mol. The molecular formula is C20H19ClN2O3. The number of esters is 1. The van der Waals surface area contributed by atoms with E-state index in [1.807, 2.05) is 43.5 Å². The summed E-state index contributed by atoms with van der Waals surface area (Å²) in [7, 11) is 0. The topological polar surface area (TPSA) is 71.2 Å². The summed E-state index contributed by atoms with van der Waals surface area (Å²) >= 11 is 6.07. The van der Waals surface area contributed by atoms with Crippen LogP contribution in [0.15, 0.2) is 48.7 Å². The van der Waals surface area contributed by atoms with Crippen molar-refractivity contribution in [2.45, 2.75) is 19.8 Å². The molecule has 0 spiro atoms. The summed E-state index contributed by atoms with van der Waals surface area (Å²) in [4.78, 5) is 27.0. The Bertz CT molecular complexity index is 949. The number of para-hydroxylation sites is 1. The number of hydrogen-bond donors (Lipinski definition) is 2. The van der Waals surface area contributed by atoms with Crippen LogP contribution in [0.3, 0.4) is 0 Å². The van der Waals surface area contributed by atoms with Crippen molar-refractivity contribution >= 4 is 40.1 Å². The van der Waals surface area contributed by atoms with Crippen LogP contribution in [0.1, 0.15) is 17.5 Å². The van der Waals surface area contributed by atoms with E-state index in [-0.39, 0.29) is 13.0 Å². The minimum absolute atomic E-state index is 0.209. The lowest BCUT2D eigenvalue weighted by molar-refractivity contribution is -0.147. The molecule has 0 aliphatic rings. The first-order valence-corrected chi connectivity index (χ1v) is 8.67. The Hall–Kier alpha value is -2.79. The lowest BCUT2D eigenvalue weighted by Gasteiger charge is -2.08. The number of carbonyl (C=O) groups excluding carboxylic acids is 2.